The summed E-state index contributed by atoms with van der Waals surface area (Å²) in [5, 5.41) is 9.84. The first kappa shape index (κ1) is 24.3. The number of ether oxygens (including phenoxy) is 1. The summed E-state index contributed by atoms with van der Waals surface area (Å²) in [7, 11) is 1.72. The first-order chi connectivity index (χ1) is 16.9. The van der Waals surface area contributed by atoms with Crippen molar-refractivity contribution in [3.63, 3.8) is 0 Å². The monoisotopic (exact) mass is 475 g/mol. The molecule has 0 unspecified atom stereocenters. The van der Waals surface area contributed by atoms with Gasteiger partial charge in [-0.15, -0.1) is 0 Å². The number of aliphatic hydroxyl groups excluding tert-OH is 1. The van der Waals surface area contributed by atoms with Crippen molar-refractivity contribution in [1.82, 2.24) is 24.8 Å². The second-order valence-corrected chi connectivity index (χ2v) is 8.86. The van der Waals surface area contributed by atoms with Gasteiger partial charge in [0.15, 0.2) is 0 Å². The molecule has 9 nitrogen and oxygen atoms in total. The molecule has 9 heteroatoms. The van der Waals surface area contributed by atoms with Gasteiger partial charge in [0, 0.05) is 61.6 Å². The average Bonchev–Trinajstić information content (AvgIpc) is 2.90. The van der Waals surface area contributed by atoms with Gasteiger partial charge in [-0.3, -0.25) is 19.6 Å². The van der Waals surface area contributed by atoms with Crippen molar-refractivity contribution in [1.29, 1.82) is 0 Å². The highest BCUT2D eigenvalue weighted by Crippen LogP contribution is 2.30. The fourth-order valence-corrected chi connectivity index (χ4v) is 4.09. The van der Waals surface area contributed by atoms with Gasteiger partial charge in [-0.05, 0) is 42.8 Å². The maximum Gasteiger partial charge on any atom is 0.259 e. The van der Waals surface area contributed by atoms with Gasteiger partial charge in [-0.1, -0.05) is 6.92 Å². The zero-order valence-corrected chi connectivity index (χ0v) is 20.0. The smallest absolute Gasteiger partial charge is 0.259 e. The lowest BCUT2D eigenvalue weighted by Crippen LogP contribution is -2.50. The largest absolute Gasteiger partial charge is 0.472 e. The fraction of sp³-hybridized carbons (Fsp3) is 0.346. The van der Waals surface area contributed by atoms with Gasteiger partial charge in [0.25, 0.3) is 11.8 Å². The topological polar surface area (TPSA) is 109 Å². The summed E-state index contributed by atoms with van der Waals surface area (Å²) in [6.07, 6.45) is 7.75. The third-order valence-corrected chi connectivity index (χ3v) is 6.26. The fourth-order valence-electron chi connectivity index (χ4n) is 4.09. The number of rotatable bonds is 6. The molecule has 2 amide bonds. The number of hydrogen-bond donors (Lipinski definition) is 1. The normalized spacial score (nSPS) is 18.6. The molecule has 3 atom stereocenters. The van der Waals surface area contributed by atoms with Gasteiger partial charge in [-0.2, -0.15) is 0 Å². The molecule has 4 rings (SSSR count). The van der Waals surface area contributed by atoms with Crippen LogP contribution < -0.4 is 4.74 Å². The molecule has 3 aromatic rings. The molecule has 0 aliphatic carbocycles. The Bertz CT molecular complexity index is 1170. The van der Waals surface area contributed by atoms with E-state index in [1.54, 1.807) is 73.0 Å². The van der Waals surface area contributed by atoms with E-state index in [0.717, 1.165) is 11.1 Å². The number of fused-ring (bicyclic) bond motifs is 1. The van der Waals surface area contributed by atoms with Gasteiger partial charge in [0.2, 0.25) is 5.88 Å². The lowest BCUT2D eigenvalue weighted by Gasteiger charge is -2.37. The van der Waals surface area contributed by atoms with E-state index < -0.39 is 12.1 Å². The van der Waals surface area contributed by atoms with E-state index >= 15 is 0 Å². The van der Waals surface area contributed by atoms with Crippen LogP contribution in [0, 0.1) is 5.92 Å². The zero-order chi connectivity index (χ0) is 24.9. The average molecular weight is 476 g/mol. The van der Waals surface area contributed by atoms with Crippen LogP contribution in [0.5, 0.6) is 5.88 Å². The molecule has 0 aromatic carbocycles. The number of aliphatic hydroxyl groups is 1. The van der Waals surface area contributed by atoms with Crippen molar-refractivity contribution >= 4 is 11.8 Å². The molecule has 182 valence electrons. The van der Waals surface area contributed by atoms with Crippen LogP contribution in [0.2, 0.25) is 0 Å². The molecule has 35 heavy (non-hydrogen) atoms. The van der Waals surface area contributed by atoms with Gasteiger partial charge >= 0.3 is 0 Å². The Kier molecular flexibility index (Phi) is 7.36. The number of hydrogen-bond acceptors (Lipinski definition) is 7. The van der Waals surface area contributed by atoms with E-state index in [1.165, 1.54) is 0 Å². The van der Waals surface area contributed by atoms with Crippen LogP contribution in [-0.2, 0) is 0 Å². The molecule has 0 bridgehead atoms. The number of carbonyl (C=O) groups excluding carboxylic acids is 2. The zero-order valence-electron chi connectivity index (χ0n) is 20.0. The molecular formula is C26H29N5O4. The first-order valence-electron chi connectivity index (χ1n) is 11.5. The second-order valence-electron chi connectivity index (χ2n) is 8.86. The van der Waals surface area contributed by atoms with Crippen molar-refractivity contribution in [2.75, 3.05) is 26.7 Å². The van der Waals surface area contributed by atoms with E-state index in [1.807, 2.05) is 19.1 Å². The van der Waals surface area contributed by atoms with Crippen LogP contribution in [0.15, 0.2) is 61.3 Å². The Hall–Kier alpha value is -3.85. The minimum absolute atomic E-state index is 0.129. The molecule has 1 N–H and O–H groups in total. The maximum absolute atomic E-state index is 13.6. The minimum atomic E-state index is -0.426. The lowest BCUT2D eigenvalue weighted by molar-refractivity contribution is 0.0313. The molecular weight excluding hydrogens is 446 g/mol. The summed E-state index contributed by atoms with van der Waals surface area (Å²) in [5.74, 6) is -0.320. The molecule has 4 heterocycles. The summed E-state index contributed by atoms with van der Waals surface area (Å²) in [6.45, 7) is 4.26. The Morgan fingerprint density at radius 3 is 2.49 bits per heavy atom. The number of pyridine rings is 3. The van der Waals surface area contributed by atoms with E-state index in [2.05, 4.69) is 15.0 Å². The Morgan fingerprint density at radius 1 is 1.17 bits per heavy atom. The molecule has 0 saturated carbocycles. The van der Waals surface area contributed by atoms with E-state index in [-0.39, 0.29) is 30.2 Å². The van der Waals surface area contributed by atoms with E-state index in [0.29, 0.717) is 24.2 Å². The molecule has 0 spiro atoms. The SMILES string of the molecule is C[C@H](CO)N1C[C@H](C)[C@@H](CN(C)C(=O)c2ccncc2)Oc2ncc(-c3ccncc3)cc2C1=O. The highest BCUT2D eigenvalue weighted by molar-refractivity contribution is 5.98. The highest BCUT2D eigenvalue weighted by atomic mass is 16.5. The summed E-state index contributed by atoms with van der Waals surface area (Å²) in [6, 6.07) is 8.39. The van der Waals surface area contributed by atoms with Crippen LogP contribution in [0.1, 0.15) is 34.6 Å². The standard InChI is InChI=1S/C26H29N5O4/c1-17-14-31(18(2)16-32)26(34)22-12-21(19-4-8-27-9-5-19)13-29-24(22)35-23(17)15-30(3)25(33)20-6-10-28-11-7-20/h4-13,17-18,23,32H,14-16H2,1-3H3/t17-,18+,23+/m0/s1. The summed E-state index contributed by atoms with van der Waals surface area (Å²) in [4.78, 5) is 42.2. The molecule has 1 aliphatic rings. The molecule has 0 radical (unpaired) electrons. The van der Waals surface area contributed by atoms with Crippen LogP contribution >= 0.6 is 0 Å². The summed E-state index contributed by atoms with van der Waals surface area (Å²) in [5.41, 5.74) is 2.49. The molecule has 1 aliphatic heterocycles. The lowest BCUT2D eigenvalue weighted by atomic mass is 9.99. The van der Waals surface area contributed by atoms with E-state index in [9.17, 15) is 14.7 Å². The quantitative estimate of drug-likeness (QED) is 0.584. The van der Waals surface area contributed by atoms with Crippen LogP contribution in [0.25, 0.3) is 11.1 Å². The molecule has 0 saturated heterocycles. The predicted octanol–water partition coefficient (Wildman–Crippen LogP) is 2.53. The Balaban J connectivity index is 1.68. The molecule has 0 fully saturated rings. The second kappa shape index (κ2) is 10.6. The number of amides is 2. The van der Waals surface area contributed by atoms with Crippen molar-refractivity contribution < 1.29 is 19.4 Å². The van der Waals surface area contributed by atoms with Crippen molar-refractivity contribution in [2.45, 2.75) is 26.0 Å². The number of carbonyl (C=O) groups is 2. The minimum Gasteiger partial charge on any atom is -0.472 e. The van der Waals surface area contributed by atoms with Crippen molar-refractivity contribution in [3.8, 4) is 17.0 Å². The Morgan fingerprint density at radius 2 is 1.83 bits per heavy atom. The third-order valence-electron chi connectivity index (χ3n) is 6.26. The maximum atomic E-state index is 13.6. The predicted molar refractivity (Wildman–Crippen MR) is 130 cm³/mol. The summed E-state index contributed by atoms with van der Waals surface area (Å²) >= 11 is 0. The van der Waals surface area contributed by atoms with Crippen molar-refractivity contribution in [3.05, 3.63) is 72.4 Å². The van der Waals surface area contributed by atoms with Gasteiger partial charge in [0.1, 0.15) is 11.7 Å². The van der Waals surface area contributed by atoms with Gasteiger partial charge in [0.05, 0.1) is 19.2 Å². The van der Waals surface area contributed by atoms with Crippen LogP contribution in [-0.4, -0.2) is 80.6 Å². The highest BCUT2D eigenvalue weighted by Gasteiger charge is 2.34. The third kappa shape index (κ3) is 5.30. The van der Waals surface area contributed by atoms with Crippen LogP contribution in [0.4, 0.5) is 0 Å². The number of nitrogens with zero attached hydrogens (tertiary/aromatic N) is 5. The summed E-state index contributed by atoms with van der Waals surface area (Å²) < 4.78 is 6.29. The number of likely N-dealkylation sites (N-methyl/N-ethyl adjacent to an activating group) is 1. The van der Waals surface area contributed by atoms with Crippen molar-refractivity contribution in [2.24, 2.45) is 5.92 Å². The van der Waals surface area contributed by atoms with Gasteiger partial charge in [-0.25, -0.2) is 4.98 Å². The molecule has 3 aromatic heterocycles. The first-order valence-corrected chi connectivity index (χ1v) is 11.5. The van der Waals surface area contributed by atoms with Crippen LogP contribution in [0.3, 0.4) is 0 Å². The van der Waals surface area contributed by atoms with Gasteiger partial charge < -0.3 is 19.6 Å². The number of aromatic nitrogens is 3. The van der Waals surface area contributed by atoms with E-state index in [4.69, 9.17) is 4.74 Å². The Labute approximate surface area is 204 Å².